The Kier molecular flexibility index (Phi) is 3.96. The maximum absolute atomic E-state index is 12.2. The summed E-state index contributed by atoms with van der Waals surface area (Å²) in [5.74, 6) is 1.54. The van der Waals surface area contributed by atoms with Crippen LogP contribution in [-0.2, 0) is 4.79 Å². The summed E-state index contributed by atoms with van der Waals surface area (Å²) >= 11 is 0. The molecule has 3 atom stereocenters. The monoisotopic (exact) mass is 348 g/mol. The minimum Gasteiger partial charge on any atom is -0.382 e. The van der Waals surface area contributed by atoms with Gasteiger partial charge in [0.1, 0.15) is 23.8 Å². The Morgan fingerprint density at radius 3 is 2.69 bits per heavy atom. The Morgan fingerprint density at radius 1 is 1.23 bits per heavy atom. The first-order chi connectivity index (χ1) is 12.6. The number of amides is 1. The molecule has 2 aliphatic heterocycles. The maximum atomic E-state index is 12.2. The molecule has 0 aliphatic carbocycles. The van der Waals surface area contributed by atoms with Gasteiger partial charge in [0.2, 0.25) is 5.91 Å². The minimum atomic E-state index is 0.0495. The maximum Gasteiger partial charge on any atom is 0.219 e. The number of hydrogen-bond acceptors (Lipinski definition) is 6. The van der Waals surface area contributed by atoms with Crippen molar-refractivity contribution in [2.75, 3.05) is 30.3 Å². The summed E-state index contributed by atoms with van der Waals surface area (Å²) in [7, 11) is 0. The van der Waals surface area contributed by atoms with Crippen LogP contribution in [0.25, 0.3) is 0 Å². The molecule has 2 N–H and O–H groups in total. The van der Waals surface area contributed by atoms with Gasteiger partial charge in [-0.25, -0.2) is 9.97 Å². The van der Waals surface area contributed by atoms with Crippen molar-refractivity contribution < 1.29 is 4.79 Å². The van der Waals surface area contributed by atoms with Gasteiger partial charge in [-0.15, -0.1) is 0 Å². The number of fused-ring (bicyclic) bond motifs is 1. The molecule has 132 valence electrons. The van der Waals surface area contributed by atoms with E-state index in [2.05, 4.69) is 33.1 Å². The van der Waals surface area contributed by atoms with E-state index in [0.29, 0.717) is 23.2 Å². The van der Waals surface area contributed by atoms with Gasteiger partial charge in [-0.05, 0) is 5.56 Å². The highest BCUT2D eigenvalue weighted by Gasteiger charge is 2.49. The average molecular weight is 348 g/mol. The molecule has 3 heterocycles. The Morgan fingerprint density at radius 2 is 2.00 bits per heavy atom. The van der Waals surface area contributed by atoms with E-state index in [1.807, 2.05) is 23.1 Å². The zero-order valence-corrected chi connectivity index (χ0v) is 14.5. The summed E-state index contributed by atoms with van der Waals surface area (Å²) < 4.78 is 0. The predicted molar refractivity (Wildman–Crippen MR) is 96.9 cm³/mol. The van der Waals surface area contributed by atoms with E-state index in [4.69, 9.17) is 5.73 Å². The molecule has 2 saturated heterocycles. The van der Waals surface area contributed by atoms with Gasteiger partial charge in [-0.2, -0.15) is 5.26 Å². The van der Waals surface area contributed by atoms with Crippen LogP contribution in [0.3, 0.4) is 0 Å². The van der Waals surface area contributed by atoms with E-state index in [1.54, 1.807) is 6.92 Å². The second-order valence-corrected chi connectivity index (χ2v) is 6.93. The van der Waals surface area contributed by atoms with Gasteiger partial charge >= 0.3 is 0 Å². The Hall–Kier alpha value is -3.14. The number of likely N-dealkylation sites (tertiary alicyclic amines) is 1. The number of nitrogens with two attached hydrogens (primary N) is 1. The van der Waals surface area contributed by atoms with Crippen LogP contribution in [0.2, 0.25) is 0 Å². The van der Waals surface area contributed by atoms with Crippen LogP contribution in [0.4, 0.5) is 11.6 Å². The molecule has 0 unspecified atom stereocenters. The van der Waals surface area contributed by atoms with Crippen molar-refractivity contribution in [1.29, 1.82) is 5.26 Å². The average Bonchev–Trinajstić information content (AvgIpc) is 3.20. The van der Waals surface area contributed by atoms with Crippen LogP contribution >= 0.6 is 0 Å². The number of benzene rings is 1. The lowest BCUT2D eigenvalue weighted by Crippen LogP contribution is -2.34. The largest absolute Gasteiger partial charge is 0.382 e. The van der Waals surface area contributed by atoms with E-state index < -0.39 is 0 Å². The summed E-state index contributed by atoms with van der Waals surface area (Å²) in [4.78, 5) is 24.5. The van der Waals surface area contributed by atoms with E-state index in [1.165, 1.54) is 6.33 Å². The normalized spacial score (nSPS) is 24.4. The van der Waals surface area contributed by atoms with Crippen molar-refractivity contribution in [3.8, 4) is 6.07 Å². The topological polar surface area (TPSA) is 99.1 Å². The third-order valence-corrected chi connectivity index (χ3v) is 5.48. The summed E-state index contributed by atoms with van der Waals surface area (Å²) in [6.45, 7) is 3.84. The number of aromatic nitrogens is 2. The summed E-state index contributed by atoms with van der Waals surface area (Å²) in [6, 6.07) is 12.3. The molecule has 2 aromatic rings. The number of nitrogen functional groups attached to an aromatic ring is 1. The van der Waals surface area contributed by atoms with Crippen molar-refractivity contribution in [1.82, 2.24) is 14.9 Å². The van der Waals surface area contributed by atoms with Crippen LogP contribution in [-0.4, -0.2) is 40.4 Å². The Labute approximate surface area is 152 Å². The van der Waals surface area contributed by atoms with Crippen molar-refractivity contribution in [2.45, 2.75) is 13.0 Å². The van der Waals surface area contributed by atoms with Crippen molar-refractivity contribution >= 4 is 17.5 Å². The molecule has 2 aliphatic rings. The molecule has 26 heavy (non-hydrogen) atoms. The number of hydrogen-bond donors (Lipinski definition) is 1. The molecule has 7 nitrogen and oxygen atoms in total. The first-order valence-corrected chi connectivity index (χ1v) is 8.67. The smallest absolute Gasteiger partial charge is 0.219 e. The first-order valence-electron chi connectivity index (χ1n) is 8.67. The van der Waals surface area contributed by atoms with E-state index >= 15 is 0 Å². The van der Waals surface area contributed by atoms with Gasteiger partial charge in [-0.3, -0.25) is 4.79 Å². The highest BCUT2D eigenvalue weighted by molar-refractivity contribution is 5.74. The lowest BCUT2D eigenvalue weighted by Gasteiger charge is -2.29. The van der Waals surface area contributed by atoms with Crippen LogP contribution in [0.1, 0.15) is 24.1 Å². The van der Waals surface area contributed by atoms with Crippen LogP contribution in [0.15, 0.2) is 36.7 Å². The zero-order valence-electron chi connectivity index (χ0n) is 14.5. The number of anilines is 2. The standard InChI is InChI=1S/C19H20N6O/c1-12(26)25-9-14-8-24(19-15(7-20)18(21)22-11-23-19)10-16(14)17(25)13-5-3-2-4-6-13/h2-6,11,14,16-17H,8-10H2,1H3,(H2,21,22,23)/t14-,16-,17+/m1/s1. The fourth-order valence-corrected chi connectivity index (χ4v) is 4.36. The Bertz CT molecular complexity index is 877. The van der Waals surface area contributed by atoms with Crippen LogP contribution in [0, 0.1) is 23.2 Å². The number of carbonyl (C=O) groups is 1. The first kappa shape index (κ1) is 16.3. The number of carbonyl (C=O) groups excluding carboxylic acids is 1. The fourth-order valence-electron chi connectivity index (χ4n) is 4.36. The molecule has 0 spiro atoms. The van der Waals surface area contributed by atoms with Gasteiger partial charge in [0.25, 0.3) is 0 Å². The molecule has 0 bridgehead atoms. The van der Waals surface area contributed by atoms with Gasteiger partial charge in [0.15, 0.2) is 5.82 Å². The molecular weight excluding hydrogens is 328 g/mol. The molecule has 0 radical (unpaired) electrons. The quantitative estimate of drug-likeness (QED) is 0.885. The van der Waals surface area contributed by atoms with Gasteiger partial charge in [-0.1, -0.05) is 30.3 Å². The molecule has 4 rings (SSSR count). The van der Waals surface area contributed by atoms with Crippen molar-refractivity contribution in [3.05, 3.63) is 47.8 Å². The second-order valence-electron chi connectivity index (χ2n) is 6.93. The molecule has 2 fully saturated rings. The van der Waals surface area contributed by atoms with Crippen LogP contribution < -0.4 is 10.6 Å². The SMILES string of the molecule is CC(=O)N1C[C@H]2CN(c3ncnc(N)c3C#N)C[C@H]2[C@@H]1c1ccccc1. The fraction of sp³-hybridized carbons (Fsp3) is 0.368. The molecule has 1 amide bonds. The third-order valence-electron chi connectivity index (χ3n) is 5.48. The molecule has 7 heteroatoms. The van der Waals surface area contributed by atoms with Gasteiger partial charge in [0, 0.05) is 38.4 Å². The molecule has 0 saturated carbocycles. The Balaban J connectivity index is 1.67. The predicted octanol–water partition coefficient (Wildman–Crippen LogP) is 1.59. The lowest BCUT2D eigenvalue weighted by atomic mass is 9.89. The van der Waals surface area contributed by atoms with Crippen LogP contribution in [0.5, 0.6) is 0 Å². The van der Waals surface area contributed by atoms with E-state index in [-0.39, 0.29) is 17.8 Å². The van der Waals surface area contributed by atoms with Crippen molar-refractivity contribution in [2.24, 2.45) is 11.8 Å². The third kappa shape index (κ3) is 2.54. The van der Waals surface area contributed by atoms with Gasteiger partial charge in [0.05, 0.1) is 6.04 Å². The number of nitrogens with zero attached hydrogens (tertiary/aromatic N) is 5. The molecule has 1 aromatic carbocycles. The second kappa shape index (κ2) is 6.30. The number of rotatable bonds is 2. The zero-order chi connectivity index (χ0) is 18.3. The minimum absolute atomic E-state index is 0.0495. The van der Waals surface area contributed by atoms with Crippen molar-refractivity contribution in [3.63, 3.8) is 0 Å². The van der Waals surface area contributed by atoms with E-state index in [9.17, 15) is 10.1 Å². The van der Waals surface area contributed by atoms with E-state index in [0.717, 1.165) is 25.2 Å². The summed E-state index contributed by atoms with van der Waals surface area (Å²) in [5.41, 5.74) is 7.32. The summed E-state index contributed by atoms with van der Waals surface area (Å²) in [5, 5.41) is 9.42. The summed E-state index contributed by atoms with van der Waals surface area (Å²) in [6.07, 6.45) is 1.40. The number of nitriles is 1. The molecule has 1 aromatic heterocycles. The lowest BCUT2D eigenvalue weighted by molar-refractivity contribution is -0.130. The molecular formula is C19H20N6O. The highest BCUT2D eigenvalue weighted by atomic mass is 16.2. The van der Waals surface area contributed by atoms with Gasteiger partial charge < -0.3 is 15.5 Å². The highest BCUT2D eigenvalue weighted by Crippen LogP contribution is 2.46.